The zero-order valence-electron chi connectivity index (χ0n) is 17.5. The molecule has 3 rings (SSSR count). The minimum Gasteiger partial charge on any atom is -0.337 e. The van der Waals surface area contributed by atoms with Crippen molar-refractivity contribution >= 4 is 11.5 Å². The molecule has 0 saturated heterocycles. The molecule has 1 heterocycles. The van der Waals surface area contributed by atoms with Gasteiger partial charge in [0.2, 0.25) is 0 Å². The van der Waals surface area contributed by atoms with E-state index < -0.39 is 0 Å². The summed E-state index contributed by atoms with van der Waals surface area (Å²) >= 11 is 0. The summed E-state index contributed by atoms with van der Waals surface area (Å²) in [6, 6.07) is 18.1. The van der Waals surface area contributed by atoms with E-state index in [1.54, 1.807) is 11.0 Å². The lowest BCUT2D eigenvalue weighted by atomic mass is 10.1. The molecule has 29 heavy (non-hydrogen) atoms. The van der Waals surface area contributed by atoms with Crippen molar-refractivity contribution < 1.29 is 4.79 Å². The molecule has 4 nitrogen and oxygen atoms in total. The van der Waals surface area contributed by atoms with Crippen molar-refractivity contribution in [3.8, 4) is 5.69 Å². The molecule has 0 spiro atoms. The number of carbonyl (C=O) groups excluding carboxylic acids is 1. The van der Waals surface area contributed by atoms with Gasteiger partial charge in [-0.1, -0.05) is 66.8 Å². The fourth-order valence-electron chi connectivity index (χ4n) is 3.34. The average molecular weight is 386 g/mol. The Bertz CT molecular complexity index is 1040. The number of carbonyl (C=O) groups is 1. The Hall–Kier alpha value is -3.40. The number of aromatic nitrogens is 2. The van der Waals surface area contributed by atoms with E-state index in [1.807, 2.05) is 62.0 Å². The largest absolute Gasteiger partial charge is 0.337 e. The Morgan fingerprint density at radius 1 is 1.10 bits per heavy atom. The van der Waals surface area contributed by atoms with Crippen molar-refractivity contribution in [1.29, 1.82) is 0 Å². The predicted octanol–water partition coefficient (Wildman–Crippen LogP) is 5.35. The summed E-state index contributed by atoms with van der Waals surface area (Å²) in [5.41, 5.74) is 6.27. The van der Waals surface area contributed by atoms with Crippen LogP contribution < -0.4 is 0 Å². The van der Waals surface area contributed by atoms with Gasteiger partial charge >= 0.3 is 0 Å². The second kappa shape index (κ2) is 8.74. The molecule has 0 aliphatic carbocycles. The summed E-state index contributed by atoms with van der Waals surface area (Å²) in [7, 11) is 1.83. The van der Waals surface area contributed by atoms with Crippen molar-refractivity contribution in [2.24, 2.45) is 0 Å². The van der Waals surface area contributed by atoms with Crippen molar-refractivity contribution in [2.75, 3.05) is 7.05 Å². The number of para-hydroxylation sites is 1. The SMILES string of the molecule is C=C/C=C(\C)c1nn(-c2ccccc2)c(C)c1C(=O)N(C)Cc1ccc(C)cc1. The number of amides is 1. The highest BCUT2D eigenvalue weighted by atomic mass is 16.2. The van der Waals surface area contributed by atoms with Crippen molar-refractivity contribution in [2.45, 2.75) is 27.3 Å². The fourth-order valence-corrected chi connectivity index (χ4v) is 3.34. The van der Waals surface area contributed by atoms with Crippen molar-refractivity contribution in [3.05, 3.63) is 101 Å². The first-order valence-corrected chi connectivity index (χ1v) is 9.68. The monoisotopic (exact) mass is 385 g/mol. The summed E-state index contributed by atoms with van der Waals surface area (Å²) in [6.07, 6.45) is 3.60. The van der Waals surface area contributed by atoms with Crippen molar-refractivity contribution in [1.82, 2.24) is 14.7 Å². The first-order valence-electron chi connectivity index (χ1n) is 9.68. The van der Waals surface area contributed by atoms with Gasteiger partial charge in [-0.2, -0.15) is 5.10 Å². The van der Waals surface area contributed by atoms with E-state index in [4.69, 9.17) is 5.10 Å². The first-order chi connectivity index (χ1) is 13.9. The molecular formula is C25H27N3O. The van der Waals surface area contributed by atoms with Crippen LogP contribution in [0.3, 0.4) is 0 Å². The van der Waals surface area contributed by atoms with Crippen LogP contribution in [0.4, 0.5) is 0 Å². The van der Waals surface area contributed by atoms with Gasteiger partial charge in [-0.3, -0.25) is 4.79 Å². The Morgan fingerprint density at radius 3 is 2.38 bits per heavy atom. The van der Waals surface area contributed by atoms with Crippen LogP contribution in [-0.2, 0) is 6.54 Å². The van der Waals surface area contributed by atoms with Gasteiger partial charge in [-0.25, -0.2) is 4.68 Å². The zero-order valence-corrected chi connectivity index (χ0v) is 17.5. The molecule has 0 aliphatic heterocycles. The van der Waals surface area contributed by atoms with Crippen LogP contribution in [0.2, 0.25) is 0 Å². The van der Waals surface area contributed by atoms with Crippen LogP contribution in [0.5, 0.6) is 0 Å². The molecule has 1 amide bonds. The maximum Gasteiger partial charge on any atom is 0.258 e. The van der Waals surface area contributed by atoms with E-state index in [9.17, 15) is 4.79 Å². The Balaban J connectivity index is 2.02. The molecule has 3 aromatic rings. The van der Waals surface area contributed by atoms with Gasteiger partial charge in [-0.15, -0.1) is 0 Å². The molecule has 0 unspecified atom stereocenters. The lowest BCUT2D eigenvalue weighted by Crippen LogP contribution is -2.27. The van der Waals surface area contributed by atoms with Crippen LogP contribution in [0.1, 0.15) is 39.8 Å². The molecule has 0 bridgehead atoms. The number of nitrogens with zero attached hydrogens (tertiary/aromatic N) is 3. The van der Waals surface area contributed by atoms with Gasteiger partial charge in [-0.05, 0) is 44.0 Å². The maximum atomic E-state index is 13.4. The Morgan fingerprint density at radius 2 is 1.76 bits per heavy atom. The molecular weight excluding hydrogens is 358 g/mol. The van der Waals surface area contributed by atoms with E-state index in [0.717, 1.165) is 22.5 Å². The molecule has 0 N–H and O–H groups in total. The highest BCUT2D eigenvalue weighted by Crippen LogP contribution is 2.25. The predicted molar refractivity (Wildman–Crippen MR) is 119 cm³/mol. The standard InChI is InChI=1S/C25H27N3O/c1-6-10-19(3)24-23(20(4)28(26-24)22-11-8-7-9-12-22)25(29)27(5)17-21-15-13-18(2)14-16-21/h6-16H,1,17H2,2-5H3/b19-10+. The van der Waals surface area contributed by atoms with Gasteiger partial charge in [0.15, 0.2) is 0 Å². The van der Waals surface area contributed by atoms with E-state index >= 15 is 0 Å². The molecule has 0 saturated carbocycles. The molecule has 148 valence electrons. The average Bonchev–Trinajstić information content (AvgIpc) is 3.07. The van der Waals surface area contributed by atoms with Gasteiger partial charge in [0.25, 0.3) is 5.91 Å². The summed E-state index contributed by atoms with van der Waals surface area (Å²) in [5.74, 6) is -0.0444. The highest BCUT2D eigenvalue weighted by molar-refractivity contribution is 5.99. The number of hydrogen-bond acceptors (Lipinski definition) is 2. The van der Waals surface area contributed by atoms with Crippen LogP contribution >= 0.6 is 0 Å². The third-order valence-corrected chi connectivity index (χ3v) is 4.96. The number of allylic oxidation sites excluding steroid dienone is 3. The third kappa shape index (κ3) is 4.37. The molecule has 0 fully saturated rings. The second-order valence-corrected chi connectivity index (χ2v) is 7.29. The van der Waals surface area contributed by atoms with Crippen LogP contribution in [0, 0.1) is 13.8 Å². The molecule has 4 heteroatoms. The van der Waals surface area contributed by atoms with Gasteiger partial charge in [0, 0.05) is 13.6 Å². The molecule has 2 aromatic carbocycles. The van der Waals surface area contributed by atoms with Gasteiger partial charge < -0.3 is 4.90 Å². The van der Waals surface area contributed by atoms with Gasteiger partial charge in [0.1, 0.15) is 5.69 Å². The molecule has 0 radical (unpaired) electrons. The van der Waals surface area contributed by atoms with E-state index in [2.05, 4.69) is 37.8 Å². The van der Waals surface area contributed by atoms with Crippen LogP contribution in [0.25, 0.3) is 11.3 Å². The number of rotatable bonds is 6. The first kappa shape index (κ1) is 20.3. The number of aryl methyl sites for hydroxylation is 1. The van der Waals surface area contributed by atoms with Crippen LogP contribution in [0.15, 0.2) is 73.3 Å². The van der Waals surface area contributed by atoms with E-state index in [-0.39, 0.29) is 5.91 Å². The normalized spacial score (nSPS) is 11.4. The fraction of sp³-hybridized carbons (Fsp3) is 0.200. The van der Waals surface area contributed by atoms with E-state index in [1.165, 1.54) is 5.56 Å². The minimum absolute atomic E-state index is 0.0444. The summed E-state index contributed by atoms with van der Waals surface area (Å²) < 4.78 is 1.84. The number of hydrogen-bond donors (Lipinski definition) is 0. The maximum absolute atomic E-state index is 13.4. The molecule has 0 atom stereocenters. The third-order valence-electron chi connectivity index (χ3n) is 4.96. The quantitative estimate of drug-likeness (QED) is 0.537. The molecule has 0 aliphatic rings. The topological polar surface area (TPSA) is 38.1 Å². The zero-order chi connectivity index (χ0) is 21.0. The Labute approximate surface area is 172 Å². The molecule has 1 aromatic heterocycles. The summed E-state index contributed by atoms with van der Waals surface area (Å²) in [5, 5.41) is 4.77. The summed E-state index contributed by atoms with van der Waals surface area (Å²) in [6.45, 7) is 10.3. The Kier molecular flexibility index (Phi) is 6.13. The number of benzene rings is 2. The minimum atomic E-state index is -0.0444. The van der Waals surface area contributed by atoms with Crippen molar-refractivity contribution in [3.63, 3.8) is 0 Å². The summed E-state index contributed by atoms with van der Waals surface area (Å²) in [4.78, 5) is 15.2. The van der Waals surface area contributed by atoms with E-state index in [0.29, 0.717) is 17.8 Å². The highest BCUT2D eigenvalue weighted by Gasteiger charge is 2.25. The lowest BCUT2D eigenvalue weighted by Gasteiger charge is -2.18. The second-order valence-electron chi connectivity index (χ2n) is 7.29. The smallest absolute Gasteiger partial charge is 0.258 e. The lowest BCUT2D eigenvalue weighted by molar-refractivity contribution is 0.0784. The van der Waals surface area contributed by atoms with Crippen LogP contribution in [-0.4, -0.2) is 27.6 Å². The van der Waals surface area contributed by atoms with Gasteiger partial charge in [0.05, 0.1) is 16.9 Å².